The zero-order valence-corrected chi connectivity index (χ0v) is 10.1. The summed E-state index contributed by atoms with van der Waals surface area (Å²) in [6, 6.07) is 0. The van der Waals surface area contributed by atoms with Crippen molar-refractivity contribution in [1.29, 1.82) is 0 Å². The van der Waals surface area contributed by atoms with Crippen LogP contribution < -0.4 is 10.6 Å². The summed E-state index contributed by atoms with van der Waals surface area (Å²) in [5.41, 5.74) is 0. The molecule has 16 heavy (non-hydrogen) atoms. The third-order valence-corrected chi connectivity index (χ3v) is 4.04. The molecule has 0 atom stereocenters. The van der Waals surface area contributed by atoms with Crippen LogP contribution in [0.4, 0.5) is 0 Å². The normalized spacial score (nSPS) is 23.5. The molecule has 1 saturated heterocycles. The lowest BCUT2D eigenvalue weighted by Crippen LogP contribution is -2.38. The van der Waals surface area contributed by atoms with Crippen LogP contribution in [0.2, 0.25) is 0 Å². The molecular weight excluding hydrogens is 200 g/mol. The molecule has 0 aromatic carbocycles. The van der Waals surface area contributed by atoms with E-state index >= 15 is 0 Å². The Bertz CT molecular complexity index is 218. The van der Waals surface area contributed by atoms with Gasteiger partial charge in [0.2, 0.25) is 5.91 Å². The monoisotopic (exact) mass is 224 g/mol. The van der Waals surface area contributed by atoms with Crippen molar-refractivity contribution >= 4 is 5.91 Å². The number of rotatable bonds is 4. The van der Waals surface area contributed by atoms with Crippen molar-refractivity contribution < 1.29 is 4.79 Å². The SMILES string of the molecule is O=C(NCCC1CCCC1)C1CCNCC1. The first kappa shape index (κ1) is 11.9. The lowest BCUT2D eigenvalue weighted by molar-refractivity contribution is -0.125. The highest BCUT2D eigenvalue weighted by Gasteiger charge is 2.21. The van der Waals surface area contributed by atoms with E-state index in [1.165, 1.54) is 32.1 Å². The van der Waals surface area contributed by atoms with Crippen molar-refractivity contribution in [1.82, 2.24) is 10.6 Å². The van der Waals surface area contributed by atoms with Crippen LogP contribution in [-0.2, 0) is 4.79 Å². The highest BCUT2D eigenvalue weighted by molar-refractivity contribution is 5.78. The molecule has 0 aromatic rings. The zero-order valence-electron chi connectivity index (χ0n) is 10.1. The molecule has 2 rings (SSSR count). The smallest absolute Gasteiger partial charge is 0.223 e. The molecule has 3 heteroatoms. The topological polar surface area (TPSA) is 41.1 Å². The number of carbonyl (C=O) groups excluding carboxylic acids is 1. The van der Waals surface area contributed by atoms with Crippen molar-refractivity contribution in [3.8, 4) is 0 Å². The lowest BCUT2D eigenvalue weighted by atomic mass is 9.97. The van der Waals surface area contributed by atoms with Crippen molar-refractivity contribution in [3.63, 3.8) is 0 Å². The molecule has 0 bridgehead atoms. The third-order valence-electron chi connectivity index (χ3n) is 4.04. The van der Waals surface area contributed by atoms with E-state index in [1.54, 1.807) is 0 Å². The van der Waals surface area contributed by atoms with Crippen molar-refractivity contribution in [2.75, 3.05) is 19.6 Å². The largest absolute Gasteiger partial charge is 0.356 e. The maximum atomic E-state index is 11.8. The summed E-state index contributed by atoms with van der Waals surface area (Å²) < 4.78 is 0. The number of carbonyl (C=O) groups is 1. The second-order valence-corrected chi connectivity index (χ2v) is 5.25. The molecule has 0 unspecified atom stereocenters. The van der Waals surface area contributed by atoms with E-state index in [4.69, 9.17) is 0 Å². The summed E-state index contributed by atoms with van der Waals surface area (Å²) in [4.78, 5) is 11.8. The van der Waals surface area contributed by atoms with E-state index in [-0.39, 0.29) is 5.92 Å². The molecular formula is C13H24N2O. The van der Waals surface area contributed by atoms with E-state index in [2.05, 4.69) is 10.6 Å². The second kappa shape index (κ2) is 6.24. The van der Waals surface area contributed by atoms with E-state index in [9.17, 15) is 4.79 Å². The summed E-state index contributed by atoms with van der Waals surface area (Å²) in [6.45, 7) is 2.90. The average Bonchev–Trinajstić information content (AvgIpc) is 2.83. The Balaban J connectivity index is 1.59. The van der Waals surface area contributed by atoms with Gasteiger partial charge < -0.3 is 10.6 Å². The number of hydrogen-bond donors (Lipinski definition) is 2. The highest BCUT2D eigenvalue weighted by Crippen LogP contribution is 2.26. The first-order valence-corrected chi connectivity index (χ1v) is 6.84. The molecule has 2 N–H and O–H groups in total. The summed E-state index contributed by atoms with van der Waals surface area (Å²) in [5, 5.41) is 6.40. The van der Waals surface area contributed by atoms with Crippen LogP contribution in [0.15, 0.2) is 0 Å². The zero-order chi connectivity index (χ0) is 11.2. The van der Waals surface area contributed by atoms with Gasteiger partial charge in [-0.05, 0) is 38.3 Å². The summed E-state index contributed by atoms with van der Waals surface area (Å²) in [7, 11) is 0. The van der Waals surface area contributed by atoms with Crippen LogP contribution in [0, 0.1) is 11.8 Å². The van der Waals surface area contributed by atoms with Gasteiger partial charge in [-0.1, -0.05) is 25.7 Å². The van der Waals surface area contributed by atoms with Gasteiger partial charge in [-0.15, -0.1) is 0 Å². The standard InChI is InChI=1S/C13H24N2O/c16-13(12-6-8-14-9-7-12)15-10-5-11-3-1-2-4-11/h11-12,14H,1-10H2,(H,15,16). The number of amides is 1. The first-order chi connectivity index (χ1) is 7.86. The Labute approximate surface area is 98.4 Å². The minimum absolute atomic E-state index is 0.268. The fraction of sp³-hybridized carbons (Fsp3) is 0.923. The Kier molecular flexibility index (Phi) is 4.64. The van der Waals surface area contributed by atoms with Gasteiger partial charge in [-0.2, -0.15) is 0 Å². The van der Waals surface area contributed by atoms with Gasteiger partial charge in [0, 0.05) is 12.5 Å². The van der Waals surface area contributed by atoms with Gasteiger partial charge >= 0.3 is 0 Å². The molecule has 2 fully saturated rings. The van der Waals surface area contributed by atoms with Gasteiger partial charge in [0.25, 0.3) is 0 Å². The molecule has 1 aliphatic carbocycles. The summed E-state index contributed by atoms with van der Waals surface area (Å²) >= 11 is 0. The van der Waals surface area contributed by atoms with Crippen LogP contribution in [0.3, 0.4) is 0 Å². The molecule has 0 spiro atoms. The molecule has 92 valence electrons. The summed E-state index contributed by atoms with van der Waals surface area (Å²) in [5.74, 6) is 1.44. The van der Waals surface area contributed by atoms with E-state index in [1.807, 2.05) is 0 Å². The molecule has 1 saturated carbocycles. The fourth-order valence-corrected chi connectivity index (χ4v) is 2.93. The quantitative estimate of drug-likeness (QED) is 0.763. The second-order valence-electron chi connectivity index (χ2n) is 5.25. The van der Waals surface area contributed by atoms with Crippen LogP contribution in [0.5, 0.6) is 0 Å². The molecule has 0 radical (unpaired) electrons. The van der Waals surface area contributed by atoms with E-state index < -0.39 is 0 Å². The Morgan fingerprint density at radius 1 is 1.12 bits per heavy atom. The van der Waals surface area contributed by atoms with Gasteiger partial charge in [-0.3, -0.25) is 4.79 Å². The predicted octanol–water partition coefficient (Wildman–Crippen LogP) is 1.68. The fourth-order valence-electron chi connectivity index (χ4n) is 2.93. The molecule has 1 amide bonds. The van der Waals surface area contributed by atoms with Crippen LogP contribution >= 0.6 is 0 Å². The number of piperidine rings is 1. The van der Waals surface area contributed by atoms with Crippen molar-refractivity contribution in [2.45, 2.75) is 44.9 Å². The van der Waals surface area contributed by atoms with Crippen LogP contribution in [0.1, 0.15) is 44.9 Å². The molecule has 0 aromatic heterocycles. The third kappa shape index (κ3) is 3.48. The first-order valence-electron chi connectivity index (χ1n) is 6.84. The minimum Gasteiger partial charge on any atom is -0.356 e. The Morgan fingerprint density at radius 2 is 1.81 bits per heavy atom. The van der Waals surface area contributed by atoms with Crippen LogP contribution in [0.25, 0.3) is 0 Å². The minimum atomic E-state index is 0.268. The van der Waals surface area contributed by atoms with Crippen LogP contribution in [-0.4, -0.2) is 25.5 Å². The highest BCUT2D eigenvalue weighted by atomic mass is 16.1. The molecule has 2 aliphatic rings. The van der Waals surface area contributed by atoms with E-state index in [0.29, 0.717) is 5.91 Å². The lowest BCUT2D eigenvalue weighted by Gasteiger charge is -2.22. The van der Waals surface area contributed by atoms with Gasteiger partial charge in [0.05, 0.1) is 0 Å². The predicted molar refractivity (Wildman–Crippen MR) is 65.2 cm³/mol. The van der Waals surface area contributed by atoms with Gasteiger partial charge in [0.1, 0.15) is 0 Å². The number of hydrogen-bond acceptors (Lipinski definition) is 2. The van der Waals surface area contributed by atoms with Gasteiger partial charge in [0.15, 0.2) is 0 Å². The Hall–Kier alpha value is -0.570. The van der Waals surface area contributed by atoms with Crippen molar-refractivity contribution in [3.05, 3.63) is 0 Å². The van der Waals surface area contributed by atoms with Gasteiger partial charge in [-0.25, -0.2) is 0 Å². The van der Waals surface area contributed by atoms with E-state index in [0.717, 1.165) is 38.4 Å². The summed E-state index contributed by atoms with van der Waals surface area (Å²) in [6.07, 6.45) is 8.76. The maximum Gasteiger partial charge on any atom is 0.223 e. The van der Waals surface area contributed by atoms with Crippen molar-refractivity contribution in [2.24, 2.45) is 11.8 Å². The Morgan fingerprint density at radius 3 is 2.50 bits per heavy atom. The molecule has 1 heterocycles. The number of nitrogens with one attached hydrogen (secondary N) is 2. The maximum absolute atomic E-state index is 11.8. The molecule has 1 aliphatic heterocycles. The average molecular weight is 224 g/mol. The molecule has 3 nitrogen and oxygen atoms in total.